The zero-order valence-electron chi connectivity index (χ0n) is 4.93. The first-order valence-electron chi connectivity index (χ1n) is 2.54. The number of halogens is 1. The second-order valence-corrected chi connectivity index (χ2v) is 2.81. The minimum atomic E-state index is -0.288. The predicted molar refractivity (Wildman–Crippen MR) is 40.2 cm³/mol. The Kier molecular flexibility index (Phi) is 1.87. The van der Waals surface area contributed by atoms with Crippen LogP contribution in [0.2, 0.25) is 5.02 Å². The van der Waals surface area contributed by atoms with Crippen molar-refractivity contribution in [1.29, 1.82) is 0 Å². The Balaban J connectivity index is 3.31. The van der Waals surface area contributed by atoms with Crippen LogP contribution in [-0.2, 0) is 0 Å². The summed E-state index contributed by atoms with van der Waals surface area (Å²) in [7, 11) is 3.14. The van der Waals surface area contributed by atoms with Gasteiger partial charge >= 0.3 is 0 Å². The van der Waals surface area contributed by atoms with Crippen LogP contribution in [-0.4, -0.2) is 20.5 Å². The van der Waals surface area contributed by atoms with Crippen molar-refractivity contribution in [2.45, 2.75) is 0 Å². The van der Waals surface area contributed by atoms with Crippen molar-refractivity contribution in [3.63, 3.8) is 0 Å². The van der Waals surface area contributed by atoms with Crippen LogP contribution in [0.1, 0.15) is 0 Å². The predicted octanol–water partition coefficient (Wildman–Crippen LogP) is 0.545. The van der Waals surface area contributed by atoms with Gasteiger partial charge in [-0.2, -0.15) is 0 Å². The first-order valence-corrected chi connectivity index (χ1v) is 3.42. The van der Waals surface area contributed by atoms with Crippen molar-refractivity contribution < 1.29 is 10.2 Å². The molecule has 0 atom stereocenters. The Bertz CT molecular complexity index is 239. The number of aromatic hydroxyl groups is 2. The molecule has 1 rings (SSSR count). The Morgan fingerprint density at radius 3 is 2.40 bits per heavy atom. The number of rotatable bonds is 0. The molecule has 1 aromatic carbocycles. The van der Waals surface area contributed by atoms with E-state index < -0.39 is 0 Å². The maximum absolute atomic E-state index is 8.93. The standard InChI is InChI=1S/C6H4ClO2Si/c7-4-1-3(10)2-5(8)6(4)9/h1-2,8-9H. The highest BCUT2D eigenvalue weighted by Gasteiger charge is 2.03. The normalized spacial score (nSPS) is 9.80. The third kappa shape index (κ3) is 1.25. The van der Waals surface area contributed by atoms with E-state index >= 15 is 0 Å². The third-order valence-corrected chi connectivity index (χ3v) is 1.62. The van der Waals surface area contributed by atoms with Crippen LogP contribution >= 0.6 is 11.6 Å². The zero-order chi connectivity index (χ0) is 7.72. The number of benzene rings is 1. The fourth-order valence-corrected chi connectivity index (χ4v) is 1.17. The summed E-state index contributed by atoms with van der Waals surface area (Å²) < 4.78 is 0. The Morgan fingerprint density at radius 1 is 1.30 bits per heavy atom. The minimum absolute atomic E-state index is 0.130. The van der Waals surface area contributed by atoms with E-state index in [4.69, 9.17) is 21.8 Å². The quantitative estimate of drug-likeness (QED) is 0.442. The molecule has 0 unspecified atom stereocenters. The second-order valence-electron chi connectivity index (χ2n) is 1.83. The van der Waals surface area contributed by atoms with E-state index in [2.05, 4.69) is 10.2 Å². The molecule has 0 heterocycles. The summed E-state index contributed by atoms with van der Waals surface area (Å²) in [5, 5.41) is 18.6. The Morgan fingerprint density at radius 2 is 1.90 bits per heavy atom. The Hall–Kier alpha value is -0.673. The van der Waals surface area contributed by atoms with Crippen molar-refractivity contribution in [2.75, 3.05) is 0 Å². The van der Waals surface area contributed by atoms with Gasteiger partial charge in [-0.1, -0.05) is 16.8 Å². The summed E-state index contributed by atoms with van der Waals surface area (Å²) >= 11 is 5.48. The second kappa shape index (κ2) is 2.52. The van der Waals surface area contributed by atoms with Crippen molar-refractivity contribution in [3.05, 3.63) is 17.2 Å². The summed E-state index contributed by atoms with van der Waals surface area (Å²) in [4.78, 5) is 0. The van der Waals surface area contributed by atoms with Crippen LogP contribution < -0.4 is 5.19 Å². The first kappa shape index (κ1) is 7.43. The molecule has 0 amide bonds. The van der Waals surface area contributed by atoms with Crippen LogP contribution in [0.25, 0.3) is 0 Å². The molecule has 2 N–H and O–H groups in total. The third-order valence-electron chi connectivity index (χ3n) is 1.04. The fourth-order valence-electron chi connectivity index (χ4n) is 0.585. The van der Waals surface area contributed by atoms with Gasteiger partial charge < -0.3 is 10.2 Å². The van der Waals surface area contributed by atoms with Gasteiger partial charge in [0.05, 0.1) is 15.3 Å². The van der Waals surface area contributed by atoms with Gasteiger partial charge in [-0.25, -0.2) is 0 Å². The van der Waals surface area contributed by atoms with Crippen molar-refractivity contribution >= 4 is 27.0 Å². The molecule has 0 aliphatic carbocycles. The monoisotopic (exact) mass is 171 g/mol. The number of phenolic OH excluding ortho intramolecular Hbond substituents is 2. The molecule has 2 nitrogen and oxygen atoms in total. The van der Waals surface area contributed by atoms with Gasteiger partial charge in [-0.05, 0) is 12.1 Å². The molecule has 0 bridgehead atoms. The minimum Gasteiger partial charge on any atom is -0.504 e. The van der Waals surface area contributed by atoms with Gasteiger partial charge in [-0.3, -0.25) is 0 Å². The highest BCUT2D eigenvalue weighted by molar-refractivity contribution is 6.37. The largest absolute Gasteiger partial charge is 0.504 e. The molecule has 51 valence electrons. The maximum atomic E-state index is 8.93. The summed E-state index contributed by atoms with van der Waals surface area (Å²) in [5.41, 5.74) is 0. The lowest BCUT2D eigenvalue weighted by Gasteiger charge is -2.00. The van der Waals surface area contributed by atoms with E-state index in [1.165, 1.54) is 12.1 Å². The average molecular weight is 172 g/mol. The maximum Gasteiger partial charge on any atom is 0.176 e. The van der Waals surface area contributed by atoms with Gasteiger partial charge in [0.15, 0.2) is 11.5 Å². The SMILES string of the molecule is Oc1cc([Si])cc(Cl)c1O. The molecule has 0 saturated heterocycles. The summed E-state index contributed by atoms with van der Waals surface area (Å²) in [6.45, 7) is 0. The molecule has 0 spiro atoms. The van der Waals surface area contributed by atoms with Crippen LogP contribution in [0.4, 0.5) is 0 Å². The molecule has 0 aromatic heterocycles. The van der Waals surface area contributed by atoms with E-state index in [1.807, 2.05) is 0 Å². The molecular weight excluding hydrogens is 168 g/mol. The molecule has 10 heavy (non-hydrogen) atoms. The summed E-state index contributed by atoms with van der Waals surface area (Å²) in [6.07, 6.45) is 0. The molecule has 3 radical (unpaired) electrons. The lowest BCUT2D eigenvalue weighted by atomic mass is 10.3. The zero-order valence-corrected chi connectivity index (χ0v) is 6.68. The number of phenols is 2. The van der Waals surface area contributed by atoms with Crippen molar-refractivity contribution in [1.82, 2.24) is 0 Å². The molecule has 0 fully saturated rings. The number of hydrogen-bond acceptors (Lipinski definition) is 2. The van der Waals surface area contributed by atoms with Crippen LogP contribution in [0.5, 0.6) is 11.5 Å². The van der Waals surface area contributed by atoms with E-state index in [1.54, 1.807) is 0 Å². The molecule has 0 aliphatic rings. The highest BCUT2D eigenvalue weighted by atomic mass is 35.5. The van der Waals surface area contributed by atoms with E-state index in [9.17, 15) is 0 Å². The first-order chi connectivity index (χ1) is 4.61. The number of hydrogen-bond donors (Lipinski definition) is 2. The van der Waals surface area contributed by atoms with Gasteiger partial charge in [0.25, 0.3) is 0 Å². The van der Waals surface area contributed by atoms with E-state index in [-0.39, 0.29) is 16.5 Å². The van der Waals surface area contributed by atoms with Gasteiger partial charge in [0, 0.05) is 0 Å². The molecular formula is C6H4ClO2Si. The van der Waals surface area contributed by atoms with Crippen molar-refractivity contribution in [3.8, 4) is 11.5 Å². The lowest BCUT2D eigenvalue weighted by molar-refractivity contribution is 0.404. The van der Waals surface area contributed by atoms with Gasteiger partial charge in [0.1, 0.15) is 0 Å². The fraction of sp³-hybridized carbons (Fsp3) is 0. The van der Waals surface area contributed by atoms with Crippen LogP contribution in [0.3, 0.4) is 0 Å². The highest BCUT2D eigenvalue weighted by Crippen LogP contribution is 2.30. The average Bonchev–Trinajstić information content (AvgIpc) is 1.82. The van der Waals surface area contributed by atoms with Crippen molar-refractivity contribution in [2.24, 2.45) is 0 Å². The van der Waals surface area contributed by atoms with Crippen LogP contribution in [0, 0.1) is 0 Å². The van der Waals surface area contributed by atoms with E-state index in [0.717, 1.165) is 0 Å². The van der Waals surface area contributed by atoms with Gasteiger partial charge in [-0.15, -0.1) is 0 Å². The molecule has 1 aromatic rings. The summed E-state index contributed by atoms with van der Waals surface area (Å²) in [6, 6.07) is 2.85. The molecule has 4 heteroatoms. The smallest absolute Gasteiger partial charge is 0.176 e. The Labute approximate surface area is 66.5 Å². The topological polar surface area (TPSA) is 40.5 Å². The van der Waals surface area contributed by atoms with Crippen LogP contribution in [0.15, 0.2) is 12.1 Å². The molecule has 0 saturated carbocycles. The molecule has 0 aliphatic heterocycles. The lowest BCUT2D eigenvalue weighted by Crippen LogP contribution is -1.99. The summed E-state index contributed by atoms with van der Waals surface area (Å²) in [5.74, 6) is -0.513. The van der Waals surface area contributed by atoms with E-state index in [0.29, 0.717) is 5.19 Å². The van der Waals surface area contributed by atoms with Gasteiger partial charge in [0.2, 0.25) is 0 Å².